The van der Waals surface area contributed by atoms with Crippen LogP contribution in [0.5, 0.6) is 5.75 Å². The second kappa shape index (κ2) is 6.10. The van der Waals surface area contributed by atoms with Gasteiger partial charge in [0.1, 0.15) is 12.0 Å². The Morgan fingerprint density at radius 1 is 1.23 bits per heavy atom. The predicted octanol–water partition coefficient (Wildman–Crippen LogP) is 3.30. The smallest absolute Gasteiger partial charge is 0.236 e. The molecule has 1 aliphatic rings. The Labute approximate surface area is 137 Å². The number of benzene rings is 2. The van der Waals surface area contributed by atoms with E-state index in [4.69, 9.17) is 4.74 Å². The van der Waals surface area contributed by atoms with Crippen molar-refractivity contribution in [1.29, 1.82) is 0 Å². The number of ether oxygens (including phenoxy) is 1. The van der Waals surface area contributed by atoms with Crippen molar-refractivity contribution < 1.29 is 14.6 Å². The van der Waals surface area contributed by atoms with E-state index < -0.39 is 6.23 Å². The molecule has 1 saturated heterocycles. The van der Waals surface area contributed by atoms with E-state index in [-0.39, 0.29) is 11.8 Å². The normalized spacial score (nSPS) is 21.2. The van der Waals surface area contributed by atoms with Crippen molar-refractivity contribution in [3.8, 4) is 5.75 Å². The molecule has 0 radical (unpaired) electrons. The van der Waals surface area contributed by atoms with Crippen LogP contribution in [0.1, 0.15) is 17.9 Å². The molecular weight excluding hydrogens is 346 g/mol. The molecule has 1 aliphatic heterocycles. The number of halogens is 1. The van der Waals surface area contributed by atoms with Crippen LogP contribution < -0.4 is 9.64 Å². The SMILES string of the molecule is COc1cc(N2C(=O)[C@@H](c3ccccc3)C[C@H]2O)ccc1Br. The summed E-state index contributed by atoms with van der Waals surface area (Å²) in [4.78, 5) is 14.2. The van der Waals surface area contributed by atoms with Gasteiger partial charge in [0.05, 0.1) is 23.2 Å². The first-order valence-electron chi connectivity index (χ1n) is 7.01. The van der Waals surface area contributed by atoms with Crippen molar-refractivity contribution in [1.82, 2.24) is 0 Å². The third kappa shape index (κ3) is 2.62. The lowest BCUT2D eigenvalue weighted by Crippen LogP contribution is -2.33. The molecule has 5 heteroatoms. The molecule has 1 heterocycles. The van der Waals surface area contributed by atoms with Gasteiger partial charge in [0.2, 0.25) is 5.91 Å². The van der Waals surface area contributed by atoms with Gasteiger partial charge in [-0.05, 0) is 33.6 Å². The molecule has 0 bridgehead atoms. The first-order chi connectivity index (χ1) is 10.6. The summed E-state index contributed by atoms with van der Waals surface area (Å²) < 4.78 is 6.07. The molecule has 2 atom stereocenters. The number of aliphatic hydroxyl groups excluding tert-OH is 1. The fourth-order valence-electron chi connectivity index (χ4n) is 2.79. The summed E-state index contributed by atoms with van der Waals surface area (Å²) in [6.45, 7) is 0. The van der Waals surface area contributed by atoms with Crippen molar-refractivity contribution in [3.05, 3.63) is 58.6 Å². The highest BCUT2D eigenvalue weighted by molar-refractivity contribution is 9.10. The summed E-state index contributed by atoms with van der Waals surface area (Å²) >= 11 is 3.39. The van der Waals surface area contributed by atoms with Gasteiger partial charge >= 0.3 is 0 Å². The predicted molar refractivity (Wildman–Crippen MR) is 88.0 cm³/mol. The highest BCUT2D eigenvalue weighted by Crippen LogP contribution is 2.38. The maximum absolute atomic E-state index is 12.7. The van der Waals surface area contributed by atoms with Crippen LogP contribution in [0.3, 0.4) is 0 Å². The Kier molecular flexibility index (Phi) is 4.18. The van der Waals surface area contributed by atoms with Crippen molar-refractivity contribution in [2.24, 2.45) is 0 Å². The maximum Gasteiger partial charge on any atom is 0.236 e. The largest absolute Gasteiger partial charge is 0.495 e. The zero-order valence-electron chi connectivity index (χ0n) is 12.1. The number of aliphatic hydroxyl groups is 1. The Morgan fingerprint density at radius 2 is 1.95 bits per heavy atom. The van der Waals surface area contributed by atoms with E-state index >= 15 is 0 Å². The van der Waals surface area contributed by atoms with Gasteiger partial charge in [-0.1, -0.05) is 30.3 Å². The van der Waals surface area contributed by atoms with Crippen molar-refractivity contribution in [2.75, 3.05) is 12.0 Å². The number of methoxy groups -OCH3 is 1. The summed E-state index contributed by atoms with van der Waals surface area (Å²) in [5.41, 5.74) is 1.56. The van der Waals surface area contributed by atoms with Crippen LogP contribution in [-0.4, -0.2) is 24.4 Å². The zero-order valence-corrected chi connectivity index (χ0v) is 13.7. The third-order valence-electron chi connectivity index (χ3n) is 3.89. The minimum absolute atomic E-state index is 0.0944. The van der Waals surface area contributed by atoms with E-state index in [2.05, 4.69) is 15.9 Å². The lowest BCUT2D eigenvalue weighted by molar-refractivity contribution is -0.118. The fraction of sp³-hybridized carbons (Fsp3) is 0.235. The topological polar surface area (TPSA) is 49.8 Å². The maximum atomic E-state index is 12.7. The number of nitrogens with zero attached hydrogens (tertiary/aromatic N) is 1. The van der Waals surface area contributed by atoms with Gasteiger partial charge in [-0.2, -0.15) is 0 Å². The van der Waals surface area contributed by atoms with E-state index in [0.29, 0.717) is 17.9 Å². The van der Waals surface area contributed by atoms with Crippen molar-refractivity contribution in [2.45, 2.75) is 18.6 Å². The van der Waals surface area contributed by atoms with E-state index in [1.165, 1.54) is 4.90 Å². The molecule has 4 nitrogen and oxygen atoms in total. The van der Waals surface area contributed by atoms with Crippen LogP contribution in [0.4, 0.5) is 5.69 Å². The molecule has 3 rings (SSSR count). The minimum Gasteiger partial charge on any atom is -0.495 e. The molecule has 0 aliphatic carbocycles. The molecule has 1 N–H and O–H groups in total. The molecule has 22 heavy (non-hydrogen) atoms. The monoisotopic (exact) mass is 361 g/mol. The molecule has 0 aromatic heterocycles. The molecule has 114 valence electrons. The number of anilines is 1. The number of rotatable bonds is 3. The van der Waals surface area contributed by atoms with Gasteiger partial charge in [-0.15, -0.1) is 0 Å². The number of carbonyl (C=O) groups excluding carboxylic acids is 1. The Bertz CT molecular complexity index is 690. The second-order valence-corrected chi connectivity index (χ2v) is 6.06. The summed E-state index contributed by atoms with van der Waals surface area (Å²) in [6, 6.07) is 14.9. The Balaban J connectivity index is 1.93. The lowest BCUT2D eigenvalue weighted by Gasteiger charge is -2.21. The number of hydrogen-bond acceptors (Lipinski definition) is 3. The molecule has 0 spiro atoms. The summed E-state index contributed by atoms with van der Waals surface area (Å²) in [5.74, 6) is 0.217. The highest BCUT2D eigenvalue weighted by atomic mass is 79.9. The molecule has 0 unspecified atom stereocenters. The quantitative estimate of drug-likeness (QED) is 0.912. The van der Waals surface area contributed by atoms with E-state index in [1.807, 2.05) is 36.4 Å². The number of carbonyl (C=O) groups is 1. The molecular formula is C17H16BrNO3. The van der Waals surface area contributed by atoms with Crippen LogP contribution in [0.25, 0.3) is 0 Å². The van der Waals surface area contributed by atoms with Gasteiger partial charge in [-0.3, -0.25) is 9.69 Å². The van der Waals surface area contributed by atoms with Crippen molar-refractivity contribution >= 4 is 27.5 Å². The lowest BCUT2D eigenvalue weighted by atomic mass is 9.97. The highest BCUT2D eigenvalue weighted by Gasteiger charge is 2.40. The first-order valence-corrected chi connectivity index (χ1v) is 7.80. The Hall–Kier alpha value is -1.85. The second-order valence-electron chi connectivity index (χ2n) is 5.21. The Morgan fingerprint density at radius 3 is 2.64 bits per heavy atom. The number of hydrogen-bond donors (Lipinski definition) is 1. The fourth-order valence-corrected chi connectivity index (χ4v) is 3.20. The minimum atomic E-state index is -0.830. The molecule has 1 amide bonds. The standard InChI is InChI=1S/C17H16BrNO3/c1-22-15-9-12(7-8-14(15)18)19-16(20)10-13(17(19)21)11-5-3-2-4-6-11/h2-9,13,16,20H,10H2,1H3/t13-,16-/m1/s1. The molecule has 2 aromatic rings. The number of amides is 1. The zero-order chi connectivity index (χ0) is 15.7. The van der Waals surface area contributed by atoms with E-state index in [1.54, 1.807) is 19.2 Å². The molecule has 2 aromatic carbocycles. The van der Waals surface area contributed by atoms with Crippen LogP contribution in [-0.2, 0) is 4.79 Å². The van der Waals surface area contributed by atoms with Crippen LogP contribution >= 0.6 is 15.9 Å². The average Bonchev–Trinajstić information content (AvgIpc) is 2.84. The van der Waals surface area contributed by atoms with Gasteiger partial charge in [-0.25, -0.2) is 0 Å². The molecule has 1 fully saturated rings. The van der Waals surface area contributed by atoms with Crippen molar-refractivity contribution in [3.63, 3.8) is 0 Å². The van der Waals surface area contributed by atoms with Crippen LogP contribution in [0.2, 0.25) is 0 Å². The van der Waals surface area contributed by atoms with Crippen LogP contribution in [0, 0.1) is 0 Å². The van der Waals surface area contributed by atoms with E-state index in [0.717, 1.165) is 10.0 Å². The summed E-state index contributed by atoms with van der Waals surface area (Å²) in [7, 11) is 1.57. The van der Waals surface area contributed by atoms with E-state index in [9.17, 15) is 9.90 Å². The third-order valence-corrected chi connectivity index (χ3v) is 4.55. The average molecular weight is 362 g/mol. The molecule has 0 saturated carbocycles. The van der Waals surface area contributed by atoms with Gasteiger partial charge < -0.3 is 9.84 Å². The van der Waals surface area contributed by atoms with Crippen LogP contribution in [0.15, 0.2) is 53.0 Å². The summed E-state index contributed by atoms with van der Waals surface area (Å²) in [5, 5.41) is 10.3. The van der Waals surface area contributed by atoms with Gasteiger partial charge in [0.15, 0.2) is 0 Å². The summed E-state index contributed by atoms with van der Waals surface area (Å²) in [6.07, 6.45) is -0.440. The van der Waals surface area contributed by atoms with Gasteiger partial charge in [0.25, 0.3) is 0 Å². The van der Waals surface area contributed by atoms with Gasteiger partial charge in [0, 0.05) is 12.5 Å². The first kappa shape index (κ1) is 15.1.